The number of rotatable bonds is 2. The van der Waals surface area contributed by atoms with Crippen molar-refractivity contribution in [3.05, 3.63) is 36.4 Å². The first-order valence-electron chi connectivity index (χ1n) is 5.85. The molecule has 2 aromatic rings. The van der Waals surface area contributed by atoms with Crippen LogP contribution in [0.3, 0.4) is 0 Å². The first kappa shape index (κ1) is 13.1. The van der Waals surface area contributed by atoms with E-state index < -0.39 is 11.6 Å². The summed E-state index contributed by atoms with van der Waals surface area (Å²) in [7, 11) is 0. The van der Waals surface area contributed by atoms with E-state index in [-0.39, 0.29) is 0 Å². The molecule has 0 amide bonds. The number of nitrogens with zero attached hydrogens (tertiary/aromatic N) is 3. The number of aromatic nitrogens is 3. The Bertz CT molecular complexity index is 585. The molecular weight excluding hydrogens is 244 g/mol. The van der Waals surface area contributed by atoms with Crippen LogP contribution in [0.2, 0.25) is 0 Å². The monoisotopic (exact) mass is 260 g/mol. The molecule has 6 nitrogen and oxygen atoms in total. The van der Waals surface area contributed by atoms with Gasteiger partial charge >= 0.3 is 5.97 Å². The number of benzene rings is 1. The van der Waals surface area contributed by atoms with E-state index in [1.807, 2.05) is 20.8 Å². The van der Waals surface area contributed by atoms with Gasteiger partial charge in [-0.25, -0.2) is 4.79 Å². The first-order chi connectivity index (χ1) is 8.87. The third-order valence-electron chi connectivity index (χ3n) is 2.36. The Balaban J connectivity index is 2.27. The maximum absolute atomic E-state index is 11.9. The second-order valence-corrected chi connectivity index (χ2v) is 5.14. The van der Waals surface area contributed by atoms with Crippen molar-refractivity contribution in [3.8, 4) is 5.69 Å². The summed E-state index contributed by atoms with van der Waals surface area (Å²) in [6.45, 7) is 5.46. The highest BCUT2D eigenvalue weighted by atomic mass is 16.6. The van der Waals surface area contributed by atoms with E-state index in [9.17, 15) is 4.79 Å². The van der Waals surface area contributed by atoms with Crippen LogP contribution in [0.25, 0.3) is 5.69 Å². The van der Waals surface area contributed by atoms with E-state index in [0.29, 0.717) is 11.3 Å². The molecule has 0 unspecified atom stereocenters. The Morgan fingerprint density at radius 1 is 1.26 bits per heavy atom. The number of nitrogens with two attached hydrogens (primary N) is 1. The van der Waals surface area contributed by atoms with E-state index in [0.717, 1.165) is 5.69 Å². The summed E-state index contributed by atoms with van der Waals surface area (Å²) in [6, 6.07) is 4.99. The summed E-state index contributed by atoms with van der Waals surface area (Å²) >= 11 is 0. The minimum atomic E-state index is -0.529. The van der Waals surface area contributed by atoms with Crippen molar-refractivity contribution >= 4 is 11.7 Å². The standard InChI is InChI=1S/C13H16N4O2/c1-13(2,3)19-12(18)9-4-5-11(10(14)6-9)17-7-15-16-8-17/h4-8H,14H2,1-3H3. The summed E-state index contributed by atoms with van der Waals surface area (Å²) < 4.78 is 6.96. The van der Waals surface area contributed by atoms with Crippen LogP contribution in [0.5, 0.6) is 0 Å². The highest BCUT2D eigenvalue weighted by molar-refractivity contribution is 5.91. The second kappa shape index (κ2) is 4.72. The lowest BCUT2D eigenvalue weighted by molar-refractivity contribution is 0.00696. The third-order valence-corrected chi connectivity index (χ3v) is 2.36. The molecule has 0 aliphatic rings. The molecule has 2 rings (SSSR count). The van der Waals surface area contributed by atoms with E-state index in [1.54, 1.807) is 35.4 Å². The van der Waals surface area contributed by atoms with Gasteiger partial charge < -0.3 is 10.5 Å². The van der Waals surface area contributed by atoms with Crippen molar-refractivity contribution in [2.24, 2.45) is 0 Å². The van der Waals surface area contributed by atoms with Gasteiger partial charge in [-0.2, -0.15) is 0 Å². The zero-order chi connectivity index (χ0) is 14.0. The van der Waals surface area contributed by atoms with Gasteiger partial charge in [-0.15, -0.1) is 10.2 Å². The van der Waals surface area contributed by atoms with Gasteiger partial charge in [-0.05, 0) is 39.0 Å². The van der Waals surface area contributed by atoms with Crippen molar-refractivity contribution in [1.82, 2.24) is 14.8 Å². The van der Waals surface area contributed by atoms with Crippen LogP contribution in [0.1, 0.15) is 31.1 Å². The molecule has 0 aliphatic carbocycles. The molecule has 19 heavy (non-hydrogen) atoms. The highest BCUT2D eigenvalue weighted by Gasteiger charge is 2.18. The molecule has 0 saturated heterocycles. The summed E-state index contributed by atoms with van der Waals surface area (Å²) in [6.07, 6.45) is 3.08. The Kier molecular flexibility index (Phi) is 3.25. The molecule has 1 heterocycles. The number of carbonyl (C=O) groups excluding carboxylic acids is 1. The molecule has 0 spiro atoms. The van der Waals surface area contributed by atoms with Gasteiger partial charge in [-0.1, -0.05) is 0 Å². The van der Waals surface area contributed by atoms with Gasteiger partial charge in [0.15, 0.2) is 0 Å². The number of hydrogen-bond donors (Lipinski definition) is 1. The van der Waals surface area contributed by atoms with E-state index in [4.69, 9.17) is 10.5 Å². The minimum Gasteiger partial charge on any atom is -0.456 e. The fourth-order valence-electron chi connectivity index (χ4n) is 1.58. The van der Waals surface area contributed by atoms with E-state index in [2.05, 4.69) is 10.2 Å². The summed E-state index contributed by atoms with van der Waals surface area (Å²) in [5.74, 6) is -0.394. The van der Waals surface area contributed by atoms with Crippen LogP contribution in [0.15, 0.2) is 30.9 Å². The lowest BCUT2D eigenvalue weighted by Crippen LogP contribution is -2.24. The molecule has 1 aromatic heterocycles. The smallest absolute Gasteiger partial charge is 0.338 e. The first-order valence-corrected chi connectivity index (χ1v) is 5.85. The molecular formula is C13H16N4O2. The summed E-state index contributed by atoms with van der Waals surface area (Å²) in [5, 5.41) is 7.42. The average molecular weight is 260 g/mol. The quantitative estimate of drug-likeness (QED) is 0.657. The average Bonchev–Trinajstić information content (AvgIpc) is 2.79. The maximum Gasteiger partial charge on any atom is 0.338 e. The number of anilines is 1. The topological polar surface area (TPSA) is 83.0 Å². The molecule has 6 heteroatoms. The maximum atomic E-state index is 11.9. The highest BCUT2D eigenvalue weighted by Crippen LogP contribution is 2.20. The summed E-state index contributed by atoms with van der Waals surface area (Å²) in [5.41, 5.74) is 7.00. The molecule has 1 aromatic carbocycles. The van der Waals surface area contributed by atoms with Crippen molar-refractivity contribution in [1.29, 1.82) is 0 Å². The zero-order valence-corrected chi connectivity index (χ0v) is 11.1. The van der Waals surface area contributed by atoms with Crippen LogP contribution >= 0.6 is 0 Å². The van der Waals surface area contributed by atoms with Crippen molar-refractivity contribution < 1.29 is 9.53 Å². The Labute approximate surface area is 111 Å². The largest absolute Gasteiger partial charge is 0.456 e. The van der Waals surface area contributed by atoms with Gasteiger partial charge in [0, 0.05) is 0 Å². The minimum absolute atomic E-state index is 0.394. The molecule has 0 fully saturated rings. The fraction of sp³-hybridized carbons (Fsp3) is 0.308. The normalized spacial score (nSPS) is 11.3. The number of ether oxygens (including phenoxy) is 1. The molecule has 0 radical (unpaired) electrons. The predicted molar refractivity (Wildman–Crippen MR) is 70.9 cm³/mol. The molecule has 100 valence electrons. The van der Waals surface area contributed by atoms with E-state index >= 15 is 0 Å². The van der Waals surface area contributed by atoms with Crippen LogP contribution in [-0.4, -0.2) is 26.3 Å². The van der Waals surface area contributed by atoms with Gasteiger partial charge in [0.05, 0.1) is 16.9 Å². The van der Waals surface area contributed by atoms with Crippen molar-refractivity contribution in [2.45, 2.75) is 26.4 Å². The lowest BCUT2D eigenvalue weighted by atomic mass is 10.1. The van der Waals surface area contributed by atoms with Crippen molar-refractivity contribution in [2.75, 3.05) is 5.73 Å². The molecule has 0 aliphatic heterocycles. The number of nitrogen functional groups attached to an aromatic ring is 1. The Morgan fingerprint density at radius 3 is 2.42 bits per heavy atom. The zero-order valence-electron chi connectivity index (χ0n) is 11.1. The van der Waals surface area contributed by atoms with Gasteiger partial charge in [-0.3, -0.25) is 4.57 Å². The van der Waals surface area contributed by atoms with Crippen LogP contribution in [-0.2, 0) is 4.74 Å². The third kappa shape index (κ3) is 3.09. The summed E-state index contributed by atoms with van der Waals surface area (Å²) in [4.78, 5) is 11.9. The predicted octanol–water partition coefficient (Wildman–Crippen LogP) is 1.80. The van der Waals surface area contributed by atoms with Crippen LogP contribution < -0.4 is 5.73 Å². The molecule has 0 saturated carbocycles. The Morgan fingerprint density at radius 2 is 1.89 bits per heavy atom. The second-order valence-electron chi connectivity index (χ2n) is 5.14. The molecule has 0 atom stereocenters. The number of hydrogen-bond acceptors (Lipinski definition) is 5. The molecule has 2 N–H and O–H groups in total. The van der Waals surface area contributed by atoms with E-state index in [1.165, 1.54) is 0 Å². The van der Waals surface area contributed by atoms with Crippen molar-refractivity contribution in [3.63, 3.8) is 0 Å². The fourth-order valence-corrected chi connectivity index (χ4v) is 1.58. The molecule has 0 bridgehead atoms. The lowest BCUT2D eigenvalue weighted by Gasteiger charge is -2.19. The van der Waals surface area contributed by atoms with Crippen LogP contribution in [0, 0.1) is 0 Å². The van der Waals surface area contributed by atoms with Gasteiger partial charge in [0.2, 0.25) is 0 Å². The van der Waals surface area contributed by atoms with Gasteiger partial charge in [0.25, 0.3) is 0 Å². The Hall–Kier alpha value is -2.37. The number of carbonyl (C=O) groups is 1. The number of esters is 1. The van der Waals surface area contributed by atoms with Crippen LogP contribution in [0.4, 0.5) is 5.69 Å². The van der Waals surface area contributed by atoms with Gasteiger partial charge in [0.1, 0.15) is 18.3 Å². The SMILES string of the molecule is CC(C)(C)OC(=O)c1ccc(-n2cnnc2)c(N)c1.